The van der Waals surface area contributed by atoms with E-state index in [1.807, 2.05) is 6.92 Å². The van der Waals surface area contributed by atoms with Gasteiger partial charge in [-0.3, -0.25) is 4.90 Å². The first-order valence-electron chi connectivity index (χ1n) is 7.18. The number of likely N-dealkylation sites (tertiary alicyclic amines) is 1. The summed E-state index contributed by atoms with van der Waals surface area (Å²) in [6.07, 6.45) is 7.10. The maximum absolute atomic E-state index is 5.88. The molecular weight excluding hydrogens is 242 g/mol. The molecule has 1 aromatic heterocycles. The van der Waals surface area contributed by atoms with Crippen molar-refractivity contribution >= 4 is 11.3 Å². The Morgan fingerprint density at radius 3 is 3.06 bits per heavy atom. The smallest absolute Gasteiger partial charge is 0.109 e. The van der Waals surface area contributed by atoms with Crippen molar-refractivity contribution in [1.82, 2.24) is 9.88 Å². The van der Waals surface area contributed by atoms with Gasteiger partial charge in [0.2, 0.25) is 0 Å². The van der Waals surface area contributed by atoms with Crippen LogP contribution in [0, 0.1) is 5.92 Å². The molecule has 4 heteroatoms. The van der Waals surface area contributed by atoms with Crippen LogP contribution in [-0.2, 0) is 6.54 Å². The molecule has 2 N–H and O–H groups in total. The van der Waals surface area contributed by atoms with Crippen LogP contribution in [-0.4, -0.2) is 22.5 Å². The molecule has 2 aliphatic rings. The van der Waals surface area contributed by atoms with E-state index in [1.54, 1.807) is 11.3 Å². The zero-order chi connectivity index (χ0) is 12.5. The highest BCUT2D eigenvalue weighted by molar-refractivity contribution is 7.09. The zero-order valence-corrected chi connectivity index (χ0v) is 12.0. The summed E-state index contributed by atoms with van der Waals surface area (Å²) in [6.45, 7) is 4.31. The molecule has 18 heavy (non-hydrogen) atoms. The third-order valence-corrected chi connectivity index (χ3v) is 5.54. The van der Waals surface area contributed by atoms with E-state index in [4.69, 9.17) is 5.73 Å². The lowest BCUT2D eigenvalue weighted by Crippen LogP contribution is -2.34. The third-order valence-electron chi connectivity index (χ3n) is 4.45. The normalized spacial score (nSPS) is 30.3. The van der Waals surface area contributed by atoms with Crippen LogP contribution in [0.5, 0.6) is 0 Å². The van der Waals surface area contributed by atoms with E-state index in [9.17, 15) is 0 Å². The van der Waals surface area contributed by atoms with Gasteiger partial charge in [-0.1, -0.05) is 12.8 Å². The minimum Gasteiger partial charge on any atom is -0.322 e. The van der Waals surface area contributed by atoms with Crippen molar-refractivity contribution < 1.29 is 0 Å². The fraction of sp³-hybridized carbons (Fsp3) is 0.786. The maximum Gasteiger partial charge on any atom is 0.109 e. The predicted molar refractivity (Wildman–Crippen MR) is 75.5 cm³/mol. The molecule has 3 unspecified atom stereocenters. The van der Waals surface area contributed by atoms with Gasteiger partial charge in [-0.05, 0) is 38.6 Å². The molecule has 1 saturated heterocycles. The van der Waals surface area contributed by atoms with Crippen molar-refractivity contribution in [1.29, 1.82) is 0 Å². The van der Waals surface area contributed by atoms with Crippen molar-refractivity contribution in [3.05, 3.63) is 16.1 Å². The van der Waals surface area contributed by atoms with E-state index in [0.29, 0.717) is 0 Å². The average molecular weight is 265 g/mol. The van der Waals surface area contributed by atoms with Gasteiger partial charge in [-0.2, -0.15) is 0 Å². The number of hydrogen-bond acceptors (Lipinski definition) is 4. The highest BCUT2D eigenvalue weighted by Gasteiger charge is 2.35. The van der Waals surface area contributed by atoms with Crippen molar-refractivity contribution in [3.63, 3.8) is 0 Å². The van der Waals surface area contributed by atoms with Gasteiger partial charge in [-0.25, -0.2) is 4.98 Å². The fourth-order valence-corrected chi connectivity index (χ4v) is 4.28. The van der Waals surface area contributed by atoms with E-state index < -0.39 is 0 Å². The number of hydrogen-bond donors (Lipinski definition) is 1. The van der Waals surface area contributed by atoms with E-state index in [2.05, 4.69) is 15.3 Å². The van der Waals surface area contributed by atoms with Crippen LogP contribution in [0.25, 0.3) is 0 Å². The van der Waals surface area contributed by atoms with E-state index in [0.717, 1.165) is 23.5 Å². The molecule has 3 nitrogen and oxygen atoms in total. The first-order valence-corrected chi connectivity index (χ1v) is 8.06. The summed E-state index contributed by atoms with van der Waals surface area (Å²) in [4.78, 5) is 7.32. The van der Waals surface area contributed by atoms with Gasteiger partial charge in [0, 0.05) is 18.0 Å². The molecular formula is C14H23N3S. The Kier molecular flexibility index (Phi) is 3.68. The molecule has 2 heterocycles. The molecule has 0 bridgehead atoms. The molecule has 3 rings (SSSR count). The highest BCUT2D eigenvalue weighted by Crippen LogP contribution is 2.36. The van der Waals surface area contributed by atoms with E-state index in [-0.39, 0.29) is 6.04 Å². The van der Waals surface area contributed by atoms with Gasteiger partial charge in [-0.15, -0.1) is 11.3 Å². The molecule has 2 fully saturated rings. The van der Waals surface area contributed by atoms with E-state index >= 15 is 0 Å². The van der Waals surface area contributed by atoms with Crippen LogP contribution in [0.3, 0.4) is 0 Å². The Balaban J connectivity index is 1.65. The molecule has 1 aliphatic carbocycles. The maximum atomic E-state index is 5.88. The van der Waals surface area contributed by atoms with Gasteiger partial charge in [0.25, 0.3) is 0 Å². The van der Waals surface area contributed by atoms with Crippen LogP contribution in [0.15, 0.2) is 5.38 Å². The zero-order valence-electron chi connectivity index (χ0n) is 11.1. The second kappa shape index (κ2) is 5.27. The van der Waals surface area contributed by atoms with Crippen molar-refractivity contribution in [2.45, 2.75) is 57.7 Å². The lowest BCUT2D eigenvalue weighted by Gasteiger charge is -2.31. The number of aromatic nitrogens is 1. The average Bonchev–Trinajstić information content (AvgIpc) is 2.98. The third kappa shape index (κ3) is 2.46. The molecule has 1 aromatic rings. The summed E-state index contributed by atoms with van der Waals surface area (Å²) >= 11 is 1.71. The van der Waals surface area contributed by atoms with Crippen molar-refractivity contribution in [2.24, 2.45) is 11.7 Å². The molecule has 100 valence electrons. The van der Waals surface area contributed by atoms with Gasteiger partial charge < -0.3 is 5.73 Å². The summed E-state index contributed by atoms with van der Waals surface area (Å²) in [5.41, 5.74) is 7.10. The summed E-state index contributed by atoms with van der Waals surface area (Å²) in [5, 5.41) is 3.26. The van der Waals surface area contributed by atoms with Crippen LogP contribution in [0.4, 0.5) is 0 Å². The number of fused-ring (bicyclic) bond motifs is 1. The molecule has 0 spiro atoms. The standard InChI is InChI=1S/C14H23N3S/c1-10(15)14-16-12(9-18-14)8-17-7-6-11-4-2-3-5-13(11)17/h9-11,13H,2-8,15H2,1H3. The van der Waals surface area contributed by atoms with Gasteiger partial charge in [0.1, 0.15) is 5.01 Å². The Morgan fingerprint density at radius 2 is 2.28 bits per heavy atom. The lowest BCUT2D eigenvalue weighted by atomic mass is 9.85. The minimum atomic E-state index is 0.0738. The molecule has 0 amide bonds. The highest BCUT2D eigenvalue weighted by atomic mass is 32.1. The van der Waals surface area contributed by atoms with Crippen LogP contribution in [0.1, 0.15) is 55.8 Å². The summed E-state index contributed by atoms with van der Waals surface area (Å²) in [6, 6.07) is 0.906. The quantitative estimate of drug-likeness (QED) is 0.913. The summed E-state index contributed by atoms with van der Waals surface area (Å²) in [7, 11) is 0. The summed E-state index contributed by atoms with van der Waals surface area (Å²) < 4.78 is 0. The minimum absolute atomic E-state index is 0.0738. The molecule has 1 aliphatic heterocycles. The van der Waals surface area contributed by atoms with E-state index in [1.165, 1.54) is 44.3 Å². The molecule has 0 radical (unpaired) electrons. The number of rotatable bonds is 3. The number of nitrogens with zero attached hydrogens (tertiary/aromatic N) is 2. The number of thiazole rings is 1. The SMILES string of the molecule is CC(N)c1nc(CN2CCC3CCCCC32)cs1. The Bertz CT molecular complexity index is 401. The molecule has 3 atom stereocenters. The van der Waals surface area contributed by atoms with Gasteiger partial charge in [0.15, 0.2) is 0 Å². The fourth-order valence-electron chi connectivity index (χ4n) is 3.51. The van der Waals surface area contributed by atoms with Gasteiger partial charge in [0.05, 0.1) is 11.7 Å². The van der Waals surface area contributed by atoms with Crippen molar-refractivity contribution in [3.8, 4) is 0 Å². The Morgan fingerprint density at radius 1 is 1.44 bits per heavy atom. The lowest BCUT2D eigenvalue weighted by molar-refractivity contribution is 0.174. The van der Waals surface area contributed by atoms with Crippen molar-refractivity contribution in [2.75, 3.05) is 6.54 Å². The van der Waals surface area contributed by atoms with Crippen LogP contribution in [0.2, 0.25) is 0 Å². The first-order chi connectivity index (χ1) is 8.74. The first kappa shape index (κ1) is 12.6. The topological polar surface area (TPSA) is 42.1 Å². The van der Waals surface area contributed by atoms with Crippen LogP contribution >= 0.6 is 11.3 Å². The number of nitrogens with two attached hydrogens (primary N) is 1. The monoisotopic (exact) mass is 265 g/mol. The second-order valence-electron chi connectivity index (χ2n) is 5.84. The molecule has 1 saturated carbocycles. The van der Waals surface area contributed by atoms with Gasteiger partial charge >= 0.3 is 0 Å². The largest absolute Gasteiger partial charge is 0.322 e. The molecule has 0 aromatic carbocycles. The predicted octanol–water partition coefficient (Wildman–Crippen LogP) is 2.93. The Labute approximate surface area is 113 Å². The van der Waals surface area contributed by atoms with Crippen LogP contribution < -0.4 is 5.73 Å². The Hall–Kier alpha value is -0.450. The summed E-state index contributed by atoms with van der Waals surface area (Å²) in [5.74, 6) is 0.963. The second-order valence-corrected chi connectivity index (χ2v) is 6.73.